The second-order valence-electron chi connectivity index (χ2n) is 8.28. The number of ether oxygens (including phenoxy) is 2. The van der Waals surface area contributed by atoms with Crippen LogP contribution >= 0.6 is 0 Å². The second-order valence-corrected chi connectivity index (χ2v) is 8.28. The predicted molar refractivity (Wildman–Crippen MR) is 120 cm³/mol. The van der Waals surface area contributed by atoms with Crippen molar-refractivity contribution in [3.63, 3.8) is 0 Å². The first-order valence-corrected chi connectivity index (χ1v) is 11.0. The molecule has 1 aromatic heterocycles. The molecule has 0 aliphatic carbocycles. The lowest BCUT2D eigenvalue weighted by atomic mass is 10.0. The van der Waals surface area contributed by atoms with Gasteiger partial charge in [0.05, 0.1) is 29.7 Å². The highest BCUT2D eigenvalue weighted by atomic mass is 16.5. The first kappa shape index (κ1) is 20.2. The van der Waals surface area contributed by atoms with Gasteiger partial charge in [0.2, 0.25) is 5.43 Å². The van der Waals surface area contributed by atoms with Crippen LogP contribution in [0.15, 0.2) is 51.7 Å². The van der Waals surface area contributed by atoms with E-state index in [1.807, 2.05) is 49.4 Å². The highest BCUT2D eigenvalue weighted by molar-refractivity contribution is 5.86. The number of fused-ring (bicyclic) bond motifs is 3. The molecule has 0 unspecified atom stereocenters. The summed E-state index contributed by atoms with van der Waals surface area (Å²) in [5.41, 5.74) is 3.14. The molecule has 0 atom stereocenters. The van der Waals surface area contributed by atoms with E-state index >= 15 is 0 Å². The maximum absolute atomic E-state index is 13.3. The van der Waals surface area contributed by atoms with E-state index in [0.29, 0.717) is 29.0 Å². The predicted octanol–water partition coefficient (Wildman–Crippen LogP) is 3.64. The molecule has 6 nitrogen and oxygen atoms in total. The van der Waals surface area contributed by atoms with Gasteiger partial charge in [0.1, 0.15) is 23.8 Å². The van der Waals surface area contributed by atoms with Crippen LogP contribution in [0.3, 0.4) is 0 Å². The number of morpholine rings is 1. The molecule has 2 aliphatic rings. The molecule has 0 bridgehead atoms. The third kappa shape index (κ3) is 4.11. The largest absolute Gasteiger partial charge is 0.478 e. The van der Waals surface area contributed by atoms with Crippen molar-refractivity contribution in [1.29, 1.82) is 0 Å². The first-order valence-electron chi connectivity index (χ1n) is 11.0. The van der Waals surface area contributed by atoms with E-state index in [1.54, 1.807) is 0 Å². The Kier molecular flexibility index (Phi) is 5.76. The van der Waals surface area contributed by atoms with Crippen molar-refractivity contribution in [2.75, 3.05) is 46.1 Å². The summed E-state index contributed by atoms with van der Waals surface area (Å²) in [6.45, 7) is 8.85. The number of aryl methyl sites for hydroxylation is 1. The Morgan fingerprint density at radius 1 is 0.968 bits per heavy atom. The fourth-order valence-corrected chi connectivity index (χ4v) is 4.54. The molecule has 0 spiro atoms. The normalized spacial score (nSPS) is 17.5. The third-order valence-electron chi connectivity index (χ3n) is 6.20. The molecule has 31 heavy (non-hydrogen) atoms. The molecule has 0 radical (unpaired) electrons. The van der Waals surface area contributed by atoms with Gasteiger partial charge in [-0.3, -0.25) is 14.6 Å². The Morgan fingerprint density at radius 3 is 2.55 bits per heavy atom. The molecule has 1 saturated heterocycles. The van der Waals surface area contributed by atoms with E-state index in [2.05, 4.69) is 9.80 Å². The Morgan fingerprint density at radius 2 is 1.74 bits per heavy atom. The summed E-state index contributed by atoms with van der Waals surface area (Å²) in [4.78, 5) is 18.1. The first-order chi connectivity index (χ1) is 15.2. The molecule has 0 amide bonds. The van der Waals surface area contributed by atoms with Crippen molar-refractivity contribution in [3.8, 4) is 16.9 Å². The molecule has 162 valence electrons. The van der Waals surface area contributed by atoms with Crippen molar-refractivity contribution in [2.24, 2.45) is 0 Å². The summed E-state index contributed by atoms with van der Waals surface area (Å²) in [5.74, 6) is 1.45. The molecular weight excluding hydrogens is 392 g/mol. The number of rotatable bonds is 5. The zero-order chi connectivity index (χ0) is 21.2. The number of benzene rings is 2. The van der Waals surface area contributed by atoms with Crippen LogP contribution in [0.1, 0.15) is 17.7 Å². The average Bonchev–Trinajstić information content (AvgIpc) is 2.80. The van der Waals surface area contributed by atoms with Crippen molar-refractivity contribution in [3.05, 3.63) is 64.0 Å². The summed E-state index contributed by atoms with van der Waals surface area (Å²) < 4.78 is 17.7. The molecule has 2 aliphatic heterocycles. The van der Waals surface area contributed by atoms with E-state index in [1.165, 1.54) is 0 Å². The SMILES string of the molecule is Cc1oc2c3c(ccc2c(=O)c1-c1ccccc1)OCN(CCCN1CCOCC1)C3. The van der Waals surface area contributed by atoms with Crippen LogP contribution in [0.4, 0.5) is 0 Å². The maximum Gasteiger partial charge on any atom is 0.200 e. The fourth-order valence-electron chi connectivity index (χ4n) is 4.54. The summed E-state index contributed by atoms with van der Waals surface area (Å²) in [6, 6.07) is 13.5. The molecule has 2 aromatic carbocycles. The lowest BCUT2D eigenvalue weighted by molar-refractivity contribution is 0.0330. The highest BCUT2D eigenvalue weighted by Crippen LogP contribution is 2.33. The Bertz CT molecular complexity index is 1120. The third-order valence-corrected chi connectivity index (χ3v) is 6.20. The minimum absolute atomic E-state index is 0.0113. The maximum atomic E-state index is 13.3. The van der Waals surface area contributed by atoms with Crippen molar-refractivity contribution < 1.29 is 13.9 Å². The van der Waals surface area contributed by atoms with Gasteiger partial charge in [-0.15, -0.1) is 0 Å². The molecule has 0 N–H and O–H groups in total. The monoisotopic (exact) mass is 420 g/mol. The van der Waals surface area contributed by atoms with Crippen LogP contribution in [0.5, 0.6) is 5.75 Å². The molecule has 3 aromatic rings. The standard InChI is InChI=1S/C25H28N2O4/c1-18-23(19-6-3-2-4-7-19)24(28)20-8-9-22-21(25(20)31-18)16-27(17-30-22)11-5-10-26-12-14-29-15-13-26/h2-4,6-9H,5,10-17H2,1H3. The van der Waals surface area contributed by atoms with Crippen molar-refractivity contribution >= 4 is 11.0 Å². The molecule has 1 fully saturated rings. The molecule has 0 saturated carbocycles. The van der Waals surface area contributed by atoms with Crippen LogP contribution in [0, 0.1) is 6.92 Å². The number of nitrogens with zero attached hydrogens (tertiary/aromatic N) is 2. The van der Waals surface area contributed by atoms with Gasteiger partial charge < -0.3 is 13.9 Å². The van der Waals surface area contributed by atoms with Crippen LogP contribution in [-0.4, -0.2) is 55.9 Å². The van der Waals surface area contributed by atoms with Gasteiger partial charge in [0.15, 0.2) is 0 Å². The van der Waals surface area contributed by atoms with Gasteiger partial charge in [-0.2, -0.15) is 0 Å². The second kappa shape index (κ2) is 8.83. The zero-order valence-corrected chi connectivity index (χ0v) is 17.9. The van der Waals surface area contributed by atoms with Crippen molar-refractivity contribution in [1.82, 2.24) is 9.80 Å². The van der Waals surface area contributed by atoms with Gasteiger partial charge in [0.25, 0.3) is 0 Å². The Hall–Kier alpha value is -2.67. The summed E-state index contributed by atoms with van der Waals surface area (Å²) in [5, 5.41) is 0.613. The van der Waals surface area contributed by atoms with Crippen LogP contribution in [0.25, 0.3) is 22.1 Å². The van der Waals surface area contributed by atoms with Crippen LogP contribution < -0.4 is 10.2 Å². The van der Waals surface area contributed by atoms with Gasteiger partial charge in [-0.05, 0) is 37.6 Å². The summed E-state index contributed by atoms with van der Waals surface area (Å²) in [6.07, 6.45) is 1.07. The lowest BCUT2D eigenvalue weighted by Crippen LogP contribution is -2.39. The van der Waals surface area contributed by atoms with E-state index in [-0.39, 0.29) is 5.43 Å². The van der Waals surface area contributed by atoms with Gasteiger partial charge in [-0.1, -0.05) is 30.3 Å². The van der Waals surface area contributed by atoms with E-state index in [0.717, 1.165) is 69.2 Å². The Balaban J connectivity index is 1.39. The topological polar surface area (TPSA) is 55.2 Å². The number of hydrogen-bond donors (Lipinski definition) is 0. The fraction of sp³-hybridized carbons (Fsp3) is 0.400. The molecule has 6 heteroatoms. The van der Waals surface area contributed by atoms with Gasteiger partial charge in [-0.25, -0.2) is 0 Å². The van der Waals surface area contributed by atoms with Crippen LogP contribution in [-0.2, 0) is 11.3 Å². The van der Waals surface area contributed by atoms with Crippen LogP contribution in [0.2, 0.25) is 0 Å². The molecular formula is C25H28N2O4. The quantitative estimate of drug-likeness (QED) is 0.628. The minimum atomic E-state index is 0.0113. The van der Waals surface area contributed by atoms with Gasteiger partial charge in [0, 0.05) is 26.2 Å². The smallest absolute Gasteiger partial charge is 0.200 e. The van der Waals surface area contributed by atoms with Crippen molar-refractivity contribution in [2.45, 2.75) is 19.9 Å². The number of hydrogen-bond acceptors (Lipinski definition) is 6. The lowest BCUT2D eigenvalue weighted by Gasteiger charge is -2.31. The zero-order valence-electron chi connectivity index (χ0n) is 17.9. The van der Waals surface area contributed by atoms with E-state index < -0.39 is 0 Å². The Labute approximate surface area is 182 Å². The highest BCUT2D eigenvalue weighted by Gasteiger charge is 2.24. The van der Waals surface area contributed by atoms with E-state index in [4.69, 9.17) is 13.9 Å². The summed E-state index contributed by atoms with van der Waals surface area (Å²) >= 11 is 0. The minimum Gasteiger partial charge on any atom is -0.478 e. The summed E-state index contributed by atoms with van der Waals surface area (Å²) in [7, 11) is 0. The van der Waals surface area contributed by atoms with Gasteiger partial charge >= 0.3 is 0 Å². The molecule has 5 rings (SSSR count). The molecule has 3 heterocycles. The average molecular weight is 421 g/mol. The van der Waals surface area contributed by atoms with E-state index in [9.17, 15) is 4.79 Å².